The molecule has 0 bridgehead atoms. The maximum Gasteiger partial charge on any atom is 0.264 e. The Labute approximate surface area is 300 Å². The summed E-state index contributed by atoms with van der Waals surface area (Å²) in [7, 11) is -3.46. The number of para-hydroxylation sites is 2. The van der Waals surface area contributed by atoms with Gasteiger partial charge in [0, 0.05) is 48.2 Å². The van der Waals surface area contributed by atoms with Crippen LogP contribution in [0.15, 0.2) is 84.9 Å². The first-order valence-corrected chi connectivity index (χ1v) is 18.9. The fourth-order valence-corrected chi connectivity index (χ4v) is 7.03. The van der Waals surface area contributed by atoms with Crippen LogP contribution in [0.4, 0.5) is 4.39 Å². The predicted molar refractivity (Wildman–Crippen MR) is 195 cm³/mol. The lowest BCUT2D eigenvalue weighted by Crippen LogP contribution is -2.11. The first-order chi connectivity index (χ1) is 25.2. The van der Waals surface area contributed by atoms with Crippen LogP contribution in [0.2, 0.25) is 0 Å². The molecule has 4 heterocycles. The number of carbonyl (C=O) groups is 2. The van der Waals surface area contributed by atoms with Crippen molar-refractivity contribution < 1.29 is 36.1 Å². The quantitative estimate of drug-likeness (QED) is 0.108. The number of imidazole rings is 2. The molecule has 0 unspecified atom stereocenters. The van der Waals surface area contributed by atoms with Crippen LogP contribution in [-0.4, -0.2) is 71.8 Å². The summed E-state index contributed by atoms with van der Waals surface area (Å²) in [6.07, 6.45) is 3.71. The highest BCUT2D eigenvalue weighted by Crippen LogP contribution is 2.33. The maximum atomic E-state index is 12.4. The predicted octanol–water partition coefficient (Wildman–Crippen LogP) is 7.06. The van der Waals surface area contributed by atoms with Crippen LogP contribution in [0.5, 0.6) is 11.5 Å². The number of ether oxygens (including phenoxy) is 2. The summed E-state index contributed by atoms with van der Waals surface area (Å²) in [6.45, 7) is 1.17. The number of halogens is 1. The van der Waals surface area contributed by atoms with Crippen LogP contribution in [0.25, 0.3) is 44.8 Å². The molecule has 8 rings (SSSR count). The number of aryl methyl sites for hydroxylation is 2. The Hall–Kier alpha value is -5.40. The molecule has 4 aromatic carbocycles. The molecule has 6 aromatic rings. The lowest BCUT2D eigenvalue weighted by molar-refractivity contribution is 0.0974. The smallest absolute Gasteiger partial charge is 0.264 e. The van der Waals surface area contributed by atoms with Crippen molar-refractivity contribution in [1.82, 2.24) is 19.1 Å². The van der Waals surface area contributed by atoms with E-state index in [0.29, 0.717) is 24.3 Å². The van der Waals surface area contributed by atoms with Gasteiger partial charge in [-0.05, 0) is 85.6 Å². The zero-order chi connectivity index (χ0) is 36.2. The first-order valence-electron chi connectivity index (χ1n) is 17.1. The van der Waals surface area contributed by atoms with Crippen molar-refractivity contribution in [3.63, 3.8) is 0 Å². The van der Waals surface area contributed by atoms with Gasteiger partial charge < -0.3 is 18.6 Å². The highest BCUT2D eigenvalue weighted by atomic mass is 32.2. The summed E-state index contributed by atoms with van der Waals surface area (Å²) in [5.74, 6) is 3.27. The average Bonchev–Trinajstić information content (AvgIpc) is 3.59. The van der Waals surface area contributed by atoms with Crippen molar-refractivity contribution >= 4 is 43.8 Å². The van der Waals surface area contributed by atoms with Gasteiger partial charge in [-0.2, -0.15) is 8.42 Å². The van der Waals surface area contributed by atoms with Gasteiger partial charge in [0.25, 0.3) is 10.1 Å². The minimum absolute atomic E-state index is 0.0345. The molecule has 2 aliphatic heterocycles. The molecular weight excluding hydrogens is 687 g/mol. The van der Waals surface area contributed by atoms with Crippen molar-refractivity contribution in [3.8, 4) is 34.3 Å². The summed E-state index contributed by atoms with van der Waals surface area (Å²) < 4.78 is 53.8. The van der Waals surface area contributed by atoms with Gasteiger partial charge in [-0.1, -0.05) is 12.1 Å². The van der Waals surface area contributed by atoms with Crippen LogP contribution in [0.1, 0.15) is 46.4 Å². The maximum absolute atomic E-state index is 12.4. The summed E-state index contributed by atoms with van der Waals surface area (Å²) >= 11 is 0. The van der Waals surface area contributed by atoms with Crippen molar-refractivity contribution in [2.75, 3.05) is 32.8 Å². The monoisotopic (exact) mass is 723 g/mol. The number of aromatic nitrogens is 4. The van der Waals surface area contributed by atoms with E-state index >= 15 is 0 Å². The van der Waals surface area contributed by atoms with Crippen LogP contribution < -0.4 is 9.47 Å². The number of ketones is 2. The van der Waals surface area contributed by atoms with E-state index in [-0.39, 0.29) is 31.4 Å². The van der Waals surface area contributed by atoms with Crippen LogP contribution in [0, 0.1) is 0 Å². The topological polar surface area (TPSA) is 132 Å². The van der Waals surface area contributed by atoms with E-state index in [1.807, 2.05) is 84.9 Å². The van der Waals surface area contributed by atoms with Gasteiger partial charge in [-0.25, -0.2) is 14.4 Å². The number of benzene rings is 4. The average molecular weight is 724 g/mol. The summed E-state index contributed by atoms with van der Waals surface area (Å²) in [4.78, 5) is 34.1. The molecule has 2 aliphatic rings. The molecule has 0 atom stereocenters. The highest BCUT2D eigenvalue weighted by molar-refractivity contribution is 7.85. The lowest BCUT2D eigenvalue weighted by atomic mass is 10.1. The Balaban J connectivity index is 0.000000164. The van der Waals surface area contributed by atoms with Crippen LogP contribution >= 0.6 is 0 Å². The van der Waals surface area contributed by atoms with Gasteiger partial charge in [0.2, 0.25) is 0 Å². The Morgan fingerprint density at radius 2 is 1.12 bits per heavy atom. The number of rotatable bonds is 10. The van der Waals surface area contributed by atoms with Gasteiger partial charge in [-0.15, -0.1) is 0 Å². The molecule has 2 aromatic heterocycles. The van der Waals surface area contributed by atoms with Gasteiger partial charge in [0.1, 0.15) is 49.6 Å². The van der Waals surface area contributed by atoms with Crippen molar-refractivity contribution in [1.29, 1.82) is 0 Å². The first kappa shape index (κ1) is 35.0. The van der Waals surface area contributed by atoms with Crippen molar-refractivity contribution in [2.24, 2.45) is 0 Å². The third-order valence-corrected chi connectivity index (χ3v) is 9.52. The third-order valence-electron chi connectivity index (χ3n) is 8.93. The lowest BCUT2D eigenvalue weighted by Gasteiger charge is -2.09. The van der Waals surface area contributed by atoms with E-state index in [0.717, 1.165) is 88.2 Å². The van der Waals surface area contributed by atoms with Gasteiger partial charge in [-0.3, -0.25) is 13.8 Å². The minimum Gasteiger partial charge on any atom is -0.491 e. The summed E-state index contributed by atoms with van der Waals surface area (Å²) in [5, 5.41) is 0. The standard InChI is InChI=1S/C20H20N2O5S.C19H17FN2O2/c1-28(24,25)27-13-12-26-15-9-7-14(8-10-15)20-21-17-5-2-4-16-18(23)6-3-11-22(20)19(16)17;20-10-12-24-14-8-6-13(7-9-14)19-21-16-4-1-3-15-17(23)5-2-11-22(19)18(15)16/h2,4-5,7-10H,3,6,11-13H2,1H3;1,3-4,6-9H,2,5,10-12H2/i;20-1. The van der Waals surface area contributed by atoms with Crippen LogP contribution in [0.3, 0.4) is 0 Å². The van der Waals surface area contributed by atoms with E-state index in [2.05, 4.69) is 13.3 Å². The minimum atomic E-state index is -3.46. The number of Topliss-reactive ketones (excluding diaryl/α,β-unsaturated/α-hetero) is 2. The fourth-order valence-electron chi connectivity index (χ4n) is 6.66. The van der Waals surface area contributed by atoms with Gasteiger partial charge in [0.15, 0.2) is 11.6 Å². The van der Waals surface area contributed by atoms with Crippen molar-refractivity contribution in [3.05, 3.63) is 96.1 Å². The largest absolute Gasteiger partial charge is 0.491 e. The van der Waals surface area contributed by atoms with Gasteiger partial charge >= 0.3 is 0 Å². The molecular formula is C39H37FN4O7S. The van der Waals surface area contributed by atoms with Crippen LogP contribution in [-0.2, 0) is 27.4 Å². The second kappa shape index (κ2) is 15.1. The Bertz CT molecular complexity index is 2370. The molecule has 0 radical (unpaired) electrons. The molecule has 0 N–H and O–H groups in total. The van der Waals surface area contributed by atoms with E-state index in [9.17, 15) is 22.4 Å². The van der Waals surface area contributed by atoms with Crippen molar-refractivity contribution in [2.45, 2.75) is 38.8 Å². The number of hydrogen-bond donors (Lipinski definition) is 0. The van der Waals surface area contributed by atoms with E-state index < -0.39 is 16.8 Å². The normalized spacial score (nSPS) is 14.1. The molecule has 0 amide bonds. The second-order valence-corrected chi connectivity index (χ2v) is 14.2. The summed E-state index contributed by atoms with van der Waals surface area (Å²) in [5.41, 5.74) is 6.86. The molecule has 13 heteroatoms. The third kappa shape index (κ3) is 7.46. The molecule has 0 saturated carbocycles. The Morgan fingerprint density at radius 1 is 0.654 bits per heavy atom. The second-order valence-electron chi connectivity index (χ2n) is 12.5. The Morgan fingerprint density at radius 3 is 1.56 bits per heavy atom. The molecule has 0 spiro atoms. The number of nitrogens with zero attached hydrogens (tertiary/aromatic N) is 4. The number of hydrogen-bond acceptors (Lipinski definition) is 9. The molecule has 0 fully saturated rings. The molecule has 0 saturated heterocycles. The summed E-state index contributed by atoms with van der Waals surface area (Å²) in [6, 6.07) is 26.3. The zero-order valence-electron chi connectivity index (χ0n) is 28.6. The number of alkyl halides is 1. The van der Waals surface area contributed by atoms with E-state index in [1.54, 1.807) is 0 Å². The zero-order valence-corrected chi connectivity index (χ0v) is 29.4. The molecule has 52 heavy (non-hydrogen) atoms. The Kier molecular flexibility index (Phi) is 10.1. The number of carbonyl (C=O) groups excluding carboxylic acids is 2. The van der Waals surface area contributed by atoms with Gasteiger partial charge in [0.05, 0.1) is 28.3 Å². The van der Waals surface area contributed by atoms with E-state index in [1.165, 1.54) is 0 Å². The SMILES string of the molecule is CS(=O)(=O)OCCOc1ccc(-c2nc3cccc4c3n2CCCC4=O)cc1.O=C1CCCn2c(-c3ccc(OCC[18F])cc3)nc3cccc1c32. The molecule has 11 nitrogen and oxygen atoms in total. The highest BCUT2D eigenvalue weighted by Gasteiger charge is 2.23. The fraction of sp³-hybridized carbons (Fsp3) is 0.282. The molecule has 0 aliphatic carbocycles. The molecule has 268 valence electrons. The van der Waals surface area contributed by atoms with E-state index in [4.69, 9.17) is 19.4 Å².